The van der Waals surface area contributed by atoms with Crippen LogP contribution in [0.2, 0.25) is 0 Å². The fraction of sp³-hybridized carbons (Fsp3) is 0.286. The maximum atomic E-state index is 5.40. The van der Waals surface area contributed by atoms with Crippen LogP contribution in [0, 0.1) is 6.92 Å². The van der Waals surface area contributed by atoms with E-state index in [0.29, 0.717) is 4.73 Å². The van der Waals surface area contributed by atoms with E-state index in [2.05, 4.69) is 45.0 Å². The van der Waals surface area contributed by atoms with Crippen LogP contribution in [0.4, 0.5) is 0 Å². The first-order chi connectivity index (χ1) is 8.63. The molecule has 3 nitrogen and oxygen atoms in total. The summed E-state index contributed by atoms with van der Waals surface area (Å²) in [6.45, 7) is 4.08. The topological polar surface area (TPSA) is 35.0 Å². The van der Waals surface area contributed by atoms with E-state index in [0.717, 1.165) is 29.1 Å². The van der Waals surface area contributed by atoms with Crippen LogP contribution in [0.1, 0.15) is 18.2 Å². The Labute approximate surface area is 115 Å². The van der Waals surface area contributed by atoms with Crippen molar-refractivity contribution in [2.75, 3.05) is 7.11 Å². The molecule has 4 heteroatoms. The number of aromatic nitrogens is 2. The van der Waals surface area contributed by atoms with Crippen molar-refractivity contribution in [2.24, 2.45) is 0 Å². The van der Waals surface area contributed by atoms with Crippen LogP contribution in [-0.2, 0) is 6.42 Å². The molecule has 0 aliphatic carbocycles. The average Bonchev–Trinajstić information content (AvgIpc) is 2.36. The van der Waals surface area contributed by atoms with E-state index in [4.69, 9.17) is 4.74 Å². The lowest BCUT2D eigenvalue weighted by atomic mass is 10.0. The molecule has 0 amide bonds. The minimum absolute atomic E-state index is 0.599. The van der Waals surface area contributed by atoms with Gasteiger partial charge in [0.2, 0.25) is 0 Å². The second kappa shape index (κ2) is 5.48. The van der Waals surface area contributed by atoms with Gasteiger partial charge in [-0.05, 0) is 53.0 Å². The number of rotatable bonds is 3. The molecule has 1 heterocycles. The van der Waals surface area contributed by atoms with Gasteiger partial charge >= 0.3 is 0 Å². The number of hydrogen-bond acceptors (Lipinski definition) is 3. The highest BCUT2D eigenvalue weighted by Gasteiger charge is 2.10. The van der Waals surface area contributed by atoms with E-state index in [1.807, 2.05) is 19.1 Å². The van der Waals surface area contributed by atoms with Gasteiger partial charge in [-0.25, -0.2) is 9.97 Å². The highest BCUT2D eigenvalue weighted by Crippen LogP contribution is 2.30. The number of nitrogens with zero attached hydrogens (tertiary/aromatic N) is 2. The van der Waals surface area contributed by atoms with Gasteiger partial charge in [-0.15, -0.1) is 0 Å². The molecular formula is C14H15BrN2O. The molecule has 0 N–H and O–H groups in total. The van der Waals surface area contributed by atoms with Gasteiger partial charge in [0.15, 0.2) is 4.73 Å². The molecule has 2 aromatic rings. The quantitative estimate of drug-likeness (QED) is 0.809. The molecule has 0 saturated carbocycles. The Morgan fingerprint density at radius 3 is 2.61 bits per heavy atom. The summed E-state index contributed by atoms with van der Waals surface area (Å²) in [7, 11) is 1.67. The molecule has 0 atom stereocenters. The normalized spacial score (nSPS) is 10.4. The molecule has 1 aromatic carbocycles. The van der Waals surface area contributed by atoms with Crippen LogP contribution in [0.5, 0.6) is 5.75 Å². The molecule has 94 valence electrons. The molecule has 0 aliphatic heterocycles. The van der Waals surface area contributed by atoms with Crippen molar-refractivity contribution in [1.29, 1.82) is 0 Å². The Hall–Kier alpha value is -1.42. The Balaban J connectivity index is 2.60. The van der Waals surface area contributed by atoms with Crippen LogP contribution in [0.25, 0.3) is 11.3 Å². The smallest absolute Gasteiger partial charge is 0.197 e. The van der Waals surface area contributed by atoms with Crippen LogP contribution in [0.3, 0.4) is 0 Å². The van der Waals surface area contributed by atoms with Crippen molar-refractivity contribution in [1.82, 2.24) is 9.97 Å². The van der Waals surface area contributed by atoms with Gasteiger partial charge < -0.3 is 4.74 Å². The molecule has 0 spiro atoms. The summed E-state index contributed by atoms with van der Waals surface area (Å²) in [4.78, 5) is 8.64. The van der Waals surface area contributed by atoms with Gasteiger partial charge in [-0.1, -0.05) is 13.0 Å². The van der Waals surface area contributed by atoms with Crippen molar-refractivity contribution < 1.29 is 4.74 Å². The fourth-order valence-electron chi connectivity index (χ4n) is 1.85. The molecule has 18 heavy (non-hydrogen) atoms. The number of hydrogen-bond donors (Lipinski definition) is 0. The Morgan fingerprint density at radius 1 is 1.22 bits per heavy atom. The van der Waals surface area contributed by atoms with Crippen molar-refractivity contribution in [3.05, 3.63) is 40.3 Å². The van der Waals surface area contributed by atoms with Crippen molar-refractivity contribution in [3.63, 3.8) is 0 Å². The number of ether oxygens (including phenoxy) is 1. The third-order valence-electron chi connectivity index (χ3n) is 2.78. The van der Waals surface area contributed by atoms with E-state index in [1.54, 1.807) is 7.11 Å². The lowest BCUT2D eigenvalue weighted by Crippen LogP contribution is -1.95. The standard InChI is InChI=1S/C14H15BrN2O/c1-4-10-5-6-13(18-3)11(8-10)12-7-9(2)16-14(15)17-12/h5-8H,4H2,1-3H3. The van der Waals surface area contributed by atoms with E-state index >= 15 is 0 Å². The monoisotopic (exact) mass is 306 g/mol. The predicted octanol–water partition coefficient (Wildman–Crippen LogP) is 3.79. The van der Waals surface area contributed by atoms with E-state index < -0.39 is 0 Å². The maximum Gasteiger partial charge on any atom is 0.197 e. The first-order valence-electron chi connectivity index (χ1n) is 5.82. The Morgan fingerprint density at radius 2 is 2.00 bits per heavy atom. The predicted molar refractivity (Wildman–Crippen MR) is 75.8 cm³/mol. The Kier molecular flexibility index (Phi) is 3.97. The molecule has 0 fully saturated rings. The van der Waals surface area contributed by atoms with Crippen molar-refractivity contribution in [3.8, 4) is 17.0 Å². The minimum Gasteiger partial charge on any atom is -0.496 e. The zero-order chi connectivity index (χ0) is 13.1. The maximum absolute atomic E-state index is 5.40. The van der Waals surface area contributed by atoms with Crippen LogP contribution < -0.4 is 4.74 Å². The zero-order valence-electron chi connectivity index (χ0n) is 10.7. The lowest BCUT2D eigenvalue weighted by Gasteiger charge is -2.10. The highest BCUT2D eigenvalue weighted by molar-refractivity contribution is 9.10. The van der Waals surface area contributed by atoms with Gasteiger partial charge in [0.25, 0.3) is 0 Å². The lowest BCUT2D eigenvalue weighted by molar-refractivity contribution is 0.416. The van der Waals surface area contributed by atoms with Gasteiger partial charge in [0.05, 0.1) is 12.8 Å². The first-order valence-corrected chi connectivity index (χ1v) is 6.61. The van der Waals surface area contributed by atoms with Crippen LogP contribution in [0.15, 0.2) is 29.0 Å². The molecule has 1 aromatic heterocycles. The van der Waals surface area contributed by atoms with Gasteiger partial charge in [0, 0.05) is 11.3 Å². The summed E-state index contributed by atoms with van der Waals surface area (Å²) in [5.41, 5.74) is 4.07. The van der Waals surface area contributed by atoms with Gasteiger partial charge in [-0.2, -0.15) is 0 Å². The number of methoxy groups -OCH3 is 1. The van der Waals surface area contributed by atoms with E-state index in [9.17, 15) is 0 Å². The summed E-state index contributed by atoms with van der Waals surface area (Å²) in [5, 5.41) is 0. The summed E-state index contributed by atoms with van der Waals surface area (Å²) in [6, 6.07) is 8.14. The summed E-state index contributed by atoms with van der Waals surface area (Å²) in [5.74, 6) is 0.831. The molecule has 0 radical (unpaired) electrons. The van der Waals surface area contributed by atoms with Gasteiger partial charge in [0.1, 0.15) is 5.75 Å². The van der Waals surface area contributed by atoms with Crippen LogP contribution >= 0.6 is 15.9 Å². The average molecular weight is 307 g/mol. The number of benzene rings is 1. The second-order valence-electron chi connectivity index (χ2n) is 4.05. The summed E-state index contributed by atoms with van der Waals surface area (Å²) in [6.07, 6.45) is 0.988. The molecular weight excluding hydrogens is 292 g/mol. The van der Waals surface area contributed by atoms with Crippen molar-refractivity contribution >= 4 is 15.9 Å². The minimum atomic E-state index is 0.599. The SMILES string of the molecule is CCc1ccc(OC)c(-c2cc(C)nc(Br)n2)c1. The molecule has 0 bridgehead atoms. The van der Waals surface area contributed by atoms with E-state index in [-0.39, 0.29) is 0 Å². The molecule has 0 aliphatic rings. The van der Waals surface area contributed by atoms with Crippen molar-refractivity contribution in [2.45, 2.75) is 20.3 Å². The summed E-state index contributed by atoms with van der Waals surface area (Å²) >= 11 is 3.33. The number of halogens is 1. The van der Waals surface area contributed by atoms with Crippen LogP contribution in [-0.4, -0.2) is 17.1 Å². The van der Waals surface area contributed by atoms with Gasteiger partial charge in [-0.3, -0.25) is 0 Å². The molecule has 0 unspecified atom stereocenters. The molecule has 2 rings (SSSR count). The van der Waals surface area contributed by atoms with E-state index in [1.165, 1.54) is 5.56 Å². The third kappa shape index (κ3) is 2.70. The Bertz CT molecular complexity index is 549. The first kappa shape index (κ1) is 13.0. The third-order valence-corrected chi connectivity index (χ3v) is 3.13. The second-order valence-corrected chi connectivity index (χ2v) is 4.76. The zero-order valence-corrected chi connectivity index (χ0v) is 12.3. The highest BCUT2D eigenvalue weighted by atomic mass is 79.9. The number of aryl methyl sites for hydroxylation is 2. The largest absolute Gasteiger partial charge is 0.496 e. The summed E-state index contributed by atoms with van der Waals surface area (Å²) < 4.78 is 6.00. The fourth-order valence-corrected chi connectivity index (χ4v) is 2.32. The molecule has 0 saturated heterocycles.